The van der Waals surface area contributed by atoms with Gasteiger partial charge in [-0.25, -0.2) is 0 Å². The lowest BCUT2D eigenvalue weighted by molar-refractivity contribution is -0.700. The highest BCUT2D eigenvalue weighted by atomic mass is 35.5. The van der Waals surface area contributed by atoms with Crippen molar-refractivity contribution < 1.29 is 26.5 Å². The summed E-state index contributed by atoms with van der Waals surface area (Å²) in [6.45, 7) is 1.37. The van der Waals surface area contributed by atoms with Crippen LogP contribution in [0.3, 0.4) is 0 Å². The molecule has 0 radical (unpaired) electrons. The molecule has 0 aliphatic carbocycles. The first-order valence-corrected chi connectivity index (χ1v) is 4.95. The lowest BCUT2D eigenvalue weighted by Gasteiger charge is -1.96. The van der Waals surface area contributed by atoms with Crippen molar-refractivity contribution in [3.05, 3.63) is 18.9 Å². The van der Waals surface area contributed by atoms with E-state index < -0.39 is 0 Å². The van der Waals surface area contributed by atoms with Gasteiger partial charge in [-0.3, -0.25) is 0 Å². The van der Waals surface area contributed by atoms with Gasteiger partial charge in [-0.1, -0.05) is 12.8 Å². The van der Waals surface area contributed by atoms with Crippen LogP contribution >= 0.6 is 0 Å². The molecule has 1 aromatic rings. The van der Waals surface area contributed by atoms with Crippen LogP contribution in [0.15, 0.2) is 23.3 Å². The second kappa shape index (κ2) is 9.03. The monoisotopic (exact) mass is 219 g/mol. The number of aliphatic hydroxyl groups excluding tert-OH is 1. The first-order chi connectivity index (χ1) is 6.43. The normalized spacial score (nSPS) is 9.79. The molecule has 1 heterocycles. The lowest BCUT2D eigenvalue weighted by Crippen LogP contribution is -3.00. The van der Waals surface area contributed by atoms with E-state index in [9.17, 15) is 0 Å². The Bertz CT molecular complexity index is 202. The third-order valence-corrected chi connectivity index (χ3v) is 2.10. The quantitative estimate of drug-likeness (QED) is 0.449. The molecular formula is C10H18ClNO2. The first kappa shape index (κ1) is 13.5. The van der Waals surface area contributed by atoms with Crippen LogP contribution < -0.4 is 17.0 Å². The second-order valence-electron chi connectivity index (χ2n) is 3.26. The van der Waals surface area contributed by atoms with Gasteiger partial charge in [0.2, 0.25) is 6.20 Å². The zero-order valence-electron chi connectivity index (χ0n) is 8.36. The minimum atomic E-state index is 0. The fraction of sp³-hybridized carbons (Fsp3) is 0.700. The third-order valence-electron chi connectivity index (χ3n) is 2.10. The molecule has 0 unspecified atom stereocenters. The summed E-state index contributed by atoms with van der Waals surface area (Å²) >= 11 is 0. The van der Waals surface area contributed by atoms with E-state index in [0.29, 0.717) is 6.61 Å². The summed E-state index contributed by atoms with van der Waals surface area (Å²) in [7, 11) is 0. The molecule has 0 aromatic carbocycles. The minimum Gasteiger partial charge on any atom is -1.00 e. The Morgan fingerprint density at radius 1 is 1.07 bits per heavy atom. The molecule has 1 rings (SSSR count). The largest absolute Gasteiger partial charge is 1.00 e. The standard InChI is InChI=1S/C10H18NO2.ClH/c12-8-5-3-1-2-4-6-11-7-9-13-10-11;/h7,9-10,12H,1-6,8H2;1H/q+1;/p-1. The van der Waals surface area contributed by atoms with Crippen LogP contribution in [0.1, 0.15) is 32.1 Å². The molecule has 0 aliphatic heterocycles. The van der Waals surface area contributed by atoms with E-state index in [1.165, 1.54) is 19.3 Å². The van der Waals surface area contributed by atoms with Gasteiger partial charge in [0.25, 0.3) is 0 Å². The van der Waals surface area contributed by atoms with Crippen LogP contribution in [-0.2, 0) is 6.54 Å². The zero-order chi connectivity index (χ0) is 9.36. The van der Waals surface area contributed by atoms with E-state index in [1.807, 2.05) is 10.8 Å². The Balaban J connectivity index is 0.00000169. The molecular weight excluding hydrogens is 202 g/mol. The Hall–Kier alpha value is -0.540. The van der Waals surface area contributed by atoms with Gasteiger partial charge in [0.15, 0.2) is 12.8 Å². The summed E-state index contributed by atoms with van der Waals surface area (Å²) in [6.07, 6.45) is 11.1. The Morgan fingerprint density at radius 2 is 1.79 bits per heavy atom. The number of hydrogen-bond donors (Lipinski definition) is 1. The van der Waals surface area contributed by atoms with Gasteiger partial charge in [-0.2, -0.15) is 4.57 Å². The predicted molar refractivity (Wildman–Crippen MR) is 49.1 cm³/mol. The number of aromatic nitrogens is 1. The lowest BCUT2D eigenvalue weighted by atomic mass is 10.1. The van der Waals surface area contributed by atoms with Crippen LogP contribution in [0, 0.1) is 0 Å². The molecule has 1 aromatic heterocycles. The van der Waals surface area contributed by atoms with Crippen molar-refractivity contribution in [1.82, 2.24) is 0 Å². The van der Waals surface area contributed by atoms with E-state index in [2.05, 4.69) is 0 Å². The van der Waals surface area contributed by atoms with Crippen LogP contribution in [0.5, 0.6) is 0 Å². The molecule has 0 bridgehead atoms. The van der Waals surface area contributed by atoms with Gasteiger partial charge < -0.3 is 21.9 Å². The number of unbranched alkanes of at least 4 members (excludes halogenated alkanes) is 4. The summed E-state index contributed by atoms with van der Waals surface area (Å²) in [5, 5.41) is 8.56. The van der Waals surface area contributed by atoms with Gasteiger partial charge in [-0.05, 0) is 12.8 Å². The number of hydrogen-bond acceptors (Lipinski definition) is 2. The zero-order valence-corrected chi connectivity index (χ0v) is 9.12. The maximum atomic E-state index is 8.56. The molecule has 1 N–H and O–H groups in total. The summed E-state index contributed by atoms with van der Waals surface area (Å²) in [6, 6.07) is 0. The molecule has 0 saturated heterocycles. The van der Waals surface area contributed by atoms with Crippen molar-refractivity contribution in [1.29, 1.82) is 0 Å². The summed E-state index contributed by atoms with van der Waals surface area (Å²) in [5.74, 6) is 0. The molecule has 0 atom stereocenters. The average Bonchev–Trinajstić information content (AvgIpc) is 2.63. The van der Waals surface area contributed by atoms with Crippen molar-refractivity contribution in [2.75, 3.05) is 6.61 Å². The minimum absolute atomic E-state index is 0. The highest BCUT2D eigenvalue weighted by Crippen LogP contribution is 2.01. The van der Waals surface area contributed by atoms with E-state index in [1.54, 1.807) is 12.7 Å². The van der Waals surface area contributed by atoms with Crippen LogP contribution in [0.2, 0.25) is 0 Å². The second-order valence-corrected chi connectivity index (χ2v) is 3.26. The maximum Gasteiger partial charge on any atom is 0.334 e. The predicted octanol–water partition coefficient (Wildman–Crippen LogP) is -1.49. The fourth-order valence-electron chi connectivity index (χ4n) is 1.33. The number of oxazole rings is 1. The SMILES string of the molecule is OCCCCCCC[n+]1ccoc1.[Cl-]. The van der Waals surface area contributed by atoms with Crippen molar-refractivity contribution in [2.45, 2.75) is 38.6 Å². The number of aryl methyl sites for hydroxylation is 1. The van der Waals surface area contributed by atoms with Crippen LogP contribution in [0.25, 0.3) is 0 Å². The van der Waals surface area contributed by atoms with Crippen molar-refractivity contribution in [3.63, 3.8) is 0 Å². The van der Waals surface area contributed by atoms with Crippen LogP contribution in [0.4, 0.5) is 0 Å². The molecule has 14 heavy (non-hydrogen) atoms. The van der Waals surface area contributed by atoms with E-state index in [-0.39, 0.29) is 12.4 Å². The fourth-order valence-corrected chi connectivity index (χ4v) is 1.33. The topological polar surface area (TPSA) is 37.2 Å². The van der Waals surface area contributed by atoms with E-state index in [4.69, 9.17) is 9.52 Å². The Kier molecular flexibility index (Phi) is 8.68. The Morgan fingerprint density at radius 3 is 2.43 bits per heavy atom. The number of nitrogens with zero attached hydrogens (tertiary/aromatic N) is 1. The van der Waals surface area contributed by atoms with Gasteiger partial charge in [0, 0.05) is 13.0 Å². The van der Waals surface area contributed by atoms with Crippen molar-refractivity contribution >= 4 is 0 Å². The maximum absolute atomic E-state index is 8.56. The molecule has 0 spiro atoms. The molecule has 4 heteroatoms. The summed E-state index contributed by atoms with van der Waals surface area (Å²) in [5.41, 5.74) is 0. The first-order valence-electron chi connectivity index (χ1n) is 4.95. The highest BCUT2D eigenvalue weighted by Gasteiger charge is 1.99. The van der Waals surface area contributed by atoms with Crippen molar-refractivity contribution in [2.24, 2.45) is 0 Å². The van der Waals surface area contributed by atoms with E-state index >= 15 is 0 Å². The van der Waals surface area contributed by atoms with Crippen molar-refractivity contribution in [3.8, 4) is 0 Å². The smallest absolute Gasteiger partial charge is 0.334 e. The Labute approximate surface area is 91.2 Å². The average molecular weight is 220 g/mol. The van der Waals surface area contributed by atoms with Gasteiger partial charge in [0.05, 0.1) is 0 Å². The molecule has 0 aliphatic rings. The molecule has 82 valence electrons. The summed E-state index contributed by atoms with van der Waals surface area (Å²) < 4.78 is 6.99. The molecule has 0 saturated carbocycles. The van der Waals surface area contributed by atoms with E-state index in [0.717, 1.165) is 19.4 Å². The molecule has 0 amide bonds. The third kappa shape index (κ3) is 6.00. The summed E-state index contributed by atoms with van der Waals surface area (Å²) in [4.78, 5) is 0. The van der Waals surface area contributed by atoms with Gasteiger partial charge >= 0.3 is 6.39 Å². The number of aliphatic hydroxyl groups is 1. The number of rotatable bonds is 7. The van der Waals surface area contributed by atoms with Gasteiger partial charge in [0.1, 0.15) is 0 Å². The molecule has 0 fully saturated rings. The number of halogens is 1. The molecule has 3 nitrogen and oxygen atoms in total. The van der Waals surface area contributed by atoms with Gasteiger partial charge in [-0.15, -0.1) is 0 Å². The highest BCUT2D eigenvalue weighted by molar-refractivity contribution is 4.47. The van der Waals surface area contributed by atoms with Crippen LogP contribution in [-0.4, -0.2) is 11.7 Å².